The molecular weight excluding hydrogens is 165 g/mol. The van der Waals surface area contributed by atoms with Gasteiger partial charge in [0.2, 0.25) is 0 Å². The summed E-state index contributed by atoms with van der Waals surface area (Å²) in [6.45, 7) is 5.80. The average molecular weight is 178 g/mol. The molecule has 0 bridgehead atoms. The van der Waals surface area contributed by atoms with Crippen molar-refractivity contribution in [1.29, 1.82) is 0 Å². The summed E-state index contributed by atoms with van der Waals surface area (Å²) in [5, 5.41) is 0. The summed E-state index contributed by atoms with van der Waals surface area (Å²) in [5.74, 6) is -0.129. The highest BCUT2D eigenvalue weighted by Crippen LogP contribution is 2.28. The van der Waals surface area contributed by atoms with Gasteiger partial charge in [-0.3, -0.25) is 0 Å². The van der Waals surface area contributed by atoms with Gasteiger partial charge in [-0.15, -0.1) is 0 Å². The summed E-state index contributed by atoms with van der Waals surface area (Å²) >= 11 is 0. The van der Waals surface area contributed by atoms with E-state index in [1.165, 1.54) is 11.8 Å². The van der Waals surface area contributed by atoms with Gasteiger partial charge >= 0.3 is 0 Å². The molecule has 0 amide bonds. The molecule has 0 saturated heterocycles. The van der Waals surface area contributed by atoms with Crippen LogP contribution in [0, 0.1) is 12.7 Å². The van der Waals surface area contributed by atoms with Crippen molar-refractivity contribution in [3.63, 3.8) is 0 Å². The molecule has 0 N–H and O–H groups in total. The molecule has 0 aromatic heterocycles. The summed E-state index contributed by atoms with van der Waals surface area (Å²) < 4.78 is 12.8. The van der Waals surface area contributed by atoms with Crippen molar-refractivity contribution >= 4 is 5.69 Å². The van der Waals surface area contributed by atoms with Gasteiger partial charge in [0.15, 0.2) is 0 Å². The number of rotatable bonds is 2. The molecule has 13 heavy (non-hydrogen) atoms. The van der Waals surface area contributed by atoms with E-state index in [0.717, 1.165) is 31.5 Å². The monoisotopic (exact) mass is 178 g/mol. The van der Waals surface area contributed by atoms with E-state index in [4.69, 9.17) is 0 Å². The Kier molecular flexibility index (Phi) is 2.21. The number of hydrogen-bond donors (Lipinski definition) is 0. The molecule has 1 aromatic carbocycles. The summed E-state index contributed by atoms with van der Waals surface area (Å²) in [6.07, 6.45) is 1.86. The highest BCUT2D eigenvalue weighted by Gasteiger charge is 2.17. The van der Waals surface area contributed by atoms with Gasteiger partial charge in [0.25, 0.3) is 0 Å². The van der Waals surface area contributed by atoms with Crippen LogP contribution in [0.2, 0.25) is 0 Å². The van der Waals surface area contributed by atoms with Gasteiger partial charge in [-0.05, 0) is 36.6 Å². The summed E-state index contributed by atoms with van der Waals surface area (Å²) in [7, 11) is 0. The van der Waals surface area contributed by atoms with Gasteiger partial charge in [-0.2, -0.15) is 0 Å². The number of fused-ring (bicyclic) bond motifs is 1. The molecule has 1 aliphatic rings. The maximum Gasteiger partial charge on any atom is 0.123 e. The van der Waals surface area contributed by atoms with E-state index in [1.807, 2.05) is 6.07 Å². The predicted octanol–water partition coefficient (Wildman–Crippen LogP) is 2.41. The molecule has 2 rings (SSSR count). The molecule has 1 aromatic rings. The molecule has 1 radical (unpaired) electrons. The maximum atomic E-state index is 12.8. The highest BCUT2D eigenvalue weighted by atomic mass is 19.1. The predicted molar refractivity (Wildman–Crippen MR) is 52.3 cm³/mol. The first-order chi connectivity index (χ1) is 6.31. The smallest absolute Gasteiger partial charge is 0.123 e. The molecule has 1 heterocycles. The Morgan fingerprint density at radius 3 is 3.08 bits per heavy atom. The fourth-order valence-electron chi connectivity index (χ4n) is 1.86. The second-order valence-corrected chi connectivity index (χ2v) is 3.36. The average Bonchev–Trinajstić information content (AvgIpc) is 2.49. The standard InChI is InChI=1S/C11H13FN/c1-2-6-13-7-5-9-8-10(12)3-4-11(9)13/h3-4,8H,1-2,5-7H2. The zero-order valence-corrected chi connectivity index (χ0v) is 7.59. The van der Waals surface area contributed by atoms with Gasteiger partial charge in [0.05, 0.1) is 0 Å². The van der Waals surface area contributed by atoms with Crippen LogP contribution in [-0.2, 0) is 6.42 Å². The SMILES string of the molecule is [CH2]CCN1CCc2cc(F)ccc21. The number of anilines is 1. The van der Waals surface area contributed by atoms with E-state index in [9.17, 15) is 4.39 Å². The molecule has 1 nitrogen and oxygen atoms in total. The third-order valence-electron chi connectivity index (χ3n) is 2.46. The second-order valence-electron chi connectivity index (χ2n) is 3.36. The highest BCUT2D eigenvalue weighted by molar-refractivity contribution is 5.57. The van der Waals surface area contributed by atoms with Crippen LogP contribution >= 0.6 is 0 Å². The maximum absolute atomic E-state index is 12.8. The number of nitrogens with zero attached hydrogens (tertiary/aromatic N) is 1. The van der Waals surface area contributed by atoms with Crippen LogP contribution in [0.5, 0.6) is 0 Å². The minimum atomic E-state index is -0.129. The lowest BCUT2D eigenvalue weighted by Crippen LogP contribution is -2.20. The van der Waals surface area contributed by atoms with E-state index >= 15 is 0 Å². The molecule has 0 aliphatic carbocycles. The van der Waals surface area contributed by atoms with Crippen LogP contribution in [-0.4, -0.2) is 13.1 Å². The lowest BCUT2D eigenvalue weighted by atomic mass is 10.2. The summed E-state index contributed by atoms with van der Waals surface area (Å²) in [4.78, 5) is 2.27. The van der Waals surface area contributed by atoms with Gasteiger partial charge in [-0.25, -0.2) is 4.39 Å². The van der Waals surface area contributed by atoms with Crippen molar-refractivity contribution in [2.45, 2.75) is 12.8 Å². The fraction of sp³-hybridized carbons (Fsp3) is 0.364. The van der Waals surface area contributed by atoms with Crippen LogP contribution in [0.25, 0.3) is 0 Å². The second kappa shape index (κ2) is 3.36. The van der Waals surface area contributed by atoms with Crippen LogP contribution < -0.4 is 4.90 Å². The van der Waals surface area contributed by atoms with Crippen LogP contribution in [0.15, 0.2) is 18.2 Å². The Bertz CT molecular complexity index is 309. The Balaban J connectivity index is 2.27. The van der Waals surface area contributed by atoms with Crippen LogP contribution in [0.1, 0.15) is 12.0 Å². The van der Waals surface area contributed by atoms with Crippen molar-refractivity contribution in [3.05, 3.63) is 36.5 Å². The van der Waals surface area contributed by atoms with Crippen molar-refractivity contribution in [2.24, 2.45) is 0 Å². The first-order valence-corrected chi connectivity index (χ1v) is 4.64. The van der Waals surface area contributed by atoms with Gasteiger partial charge < -0.3 is 4.90 Å². The normalized spacial score (nSPS) is 14.8. The van der Waals surface area contributed by atoms with Crippen LogP contribution in [0.3, 0.4) is 0 Å². The van der Waals surface area contributed by atoms with Crippen molar-refractivity contribution in [3.8, 4) is 0 Å². The fourth-order valence-corrected chi connectivity index (χ4v) is 1.86. The molecule has 0 unspecified atom stereocenters. The molecule has 0 saturated carbocycles. The minimum Gasteiger partial charge on any atom is -0.371 e. The zero-order valence-electron chi connectivity index (χ0n) is 7.59. The third kappa shape index (κ3) is 1.53. The largest absolute Gasteiger partial charge is 0.371 e. The minimum absolute atomic E-state index is 0.129. The lowest BCUT2D eigenvalue weighted by molar-refractivity contribution is 0.626. The topological polar surface area (TPSA) is 3.24 Å². The lowest BCUT2D eigenvalue weighted by Gasteiger charge is -2.17. The number of hydrogen-bond acceptors (Lipinski definition) is 1. The number of halogens is 1. The first kappa shape index (κ1) is 8.54. The van der Waals surface area contributed by atoms with Crippen molar-refractivity contribution in [1.82, 2.24) is 0 Å². The Morgan fingerprint density at radius 1 is 1.46 bits per heavy atom. The van der Waals surface area contributed by atoms with E-state index in [0.29, 0.717) is 0 Å². The molecule has 69 valence electrons. The van der Waals surface area contributed by atoms with E-state index in [-0.39, 0.29) is 5.82 Å². The van der Waals surface area contributed by atoms with Crippen molar-refractivity contribution < 1.29 is 4.39 Å². The van der Waals surface area contributed by atoms with E-state index in [2.05, 4.69) is 11.8 Å². The molecule has 1 aliphatic heterocycles. The van der Waals surface area contributed by atoms with Gasteiger partial charge in [0, 0.05) is 18.8 Å². The molecule has 0 spiro atoms. The van der Waals surface area contributed by atoms with Gasteiger partial charge in [-0.1, -0.05) is 6.92 Å². The Labute approximate surface area is 78.2 Å². The Morgan fingerprint density at radius 2 is 2.31 bits per heavy atom. The quantitative estimate of drug-likeness (QED) is 0.672. The summed E-state index contributed by atoms with van der Waals surface area (Å²) in [5.41, 5.74) is 2.32. The molecule has 0 fully saturated rings. The zero-order chi connectivity index (χ0) is 9.26. The first-order valence-electron chi connectivity index (χ1n) is 4.64. The molecule has 2 heteroatoms. The number of benzene rings is 1. The van der Waals surface area contributed by atoms with Gasteiger partial charge in [0.1, 0.15) is 5.82 Å². The summed E-state index contributed by atoms with van der Waals surface area (Å²) in [6, 6.07) is 5.03. The third-order valence-corrected chi connectivity index (χ3v) is 2.46. The van der Waals surface area contributed by atoms with E-state index < -0.39 is 0 Å². The Hall–Kier alpha value is -1.05. The molecule has 0 atom stereocenters. The molecular formula is C11H13FN. The van der Waals surface area contributed by atoms with E-state index in [1.54, 1.807) is 6.07 Å². The van der Waals surface area contributed by atoms with Crippen molar-refractivity contribution in [2.75, 3.05) is 18.0 Å². The van der Waals surface area contributed by atoms with Crippen LogP contribution in [0.4, 0.5) is 10.1 Å².